The number of morpholine rings is 1. The van der Waals surface area contributed by atoms with Gasteiger partial charge in [-0.3, -0.25) is 9.78 Å². The molecule has 33 heavy (non-hydrogen) atoms. The first-order valence-electron chi connectivity index (χ1n) is 10.9. The average molecular weight is 468 g/mol. The van der Waals surface area contributed by atoms with E-state index in [1.807, 2.05) is 30.3 Å². The molecule has 1 N–H and O–H groups in total. The van der Waals surface area contributed by atoms with Crippen LogP contribution in [0, 0.1) is 0 Å². The summed E-state index contributed by atoms with van der Waals surface area (Å²) < 4.78 is 38.3. The Morgan fingerprint density at radius 3 is 2.61 bits per heavy atom. The highest BCUT2D eigenvalue weighted by Crippen LogP contribution is 2.40. The number of anilines is 1. The van der Waals surface area contributed by atoms with Gasteiger partial charge < -0.3 is 14.8 Å². The summed E-state index contributed by atoms with van der Waals surface area (Å²) in [5.74, 6) is 0.428. The van der Waals surface area contributed by atoms with Crippen molar-refractivity contribution < 1.29 is 22.7 Å². The third-order valence-corrected chi connectivity index (χ3v) is 7.90. The molecule has 0 bridgehead atoms. The Balaban J connectivity index is 1.50. The molecule has 0 spiro atoms. The molecule has 1 saturated heterocycles. The van der Waals surface area contributed by atoms with Gasteiger partial charge in [0.1, 0.15) is 5.75 Å². The molecule has 3 aromatic rings. The lowest BCUT2D eigenvalue weighted by Crippen LogP contribution is -2.40. The van der Waals surface area contributed by atoms with Crippen molar-refractivity contribution >= 4 is 32.5 Å². The smallest absolute Gasteiger partial charge is 0.256 e. The number of benzene rings is 2. The van der Waals surface area contributed by atoms with Crippen molar-refractivity contribution in [2.24, 2.45) is 0 Å². The van der Waals surface area contributed by atoms with Crippen LogP contribution in [0.2, 0.25) is 0 Å². The molecular formula is C24H25N3O5S. The molecule has 2 fully saturated rings. The second-order valence-electron chi connectivity index (χ2n) is 8.22. The maximum atomic E-state index is 13.4. The van der Waals surface area contributed by atoms with Crippen molar-refractivity contribution in [3.8, 4) is 5.75 Å². The average Bonchev–Trinajstić information content (AvgIpc) is 3.69. The van der Waals surface area contributed by atoms with Crippen LogP contribution in [0.5, 0.6) is 5.75 Å². The summed E-state index contributed by atoms with van der Waals surface area (Å²) >= 11 is 0. The zero-order valence-electron chi connectivity index (χ0n) is 18.3. The molecule has 9 heteroatoms. The lowest BCUT2D eigenvalue weighted by atomic mass is 10.1. The summed E-state index contributed by atoms with van der Waals surface area (Å²) in [4.78, 5) is 18.2. The zero-order chi connectivity index (χ0) is 23.0. The highest BCUT2D eigenvalue weighted by Gasteiger charge is 2.29. The SMILES string of the molecule is COc1ccc(S(=O)(=O)N2CCOCC2)cc1NC(=O)c1cc(C2CC2)nc2ccccc12. The Bertz CT molecular complexity index is 1310. The first kappa shape index (κ1) is 21.8. The number of rotatable bonds is 6. The van der Waals surface area contributed by atoms with E-state index in [2.05, 4.69) is 5.32 Å². The molecule has 0 unspecified atom stereocenters. The van der Waals surface area contributed by atoms with Gasteiger partial charge in [-0.15, -0.1) is 0 Å². The van der Waals surface area contributed by atoms with Crippen LogP contribution in [0.25, 0.3) is 10.9 Å². The van der Waals surface area contributed by atoms with E-state index in [0.717, 1.165) is 29.4 Å². The van der Waals surface area contributed by atoms with Gasteiger partial charge in [-0.1, -0.05) is 18.2 Å². The predicted molar refractivity (Wildman–Crippen MR) is 124 cm³/mol. The van der Waals surface area contributed by atoms with E-state index in [0.29, 0.717) is 49.2 Å². The van der Waals surface area contributed by atoms with Crippen molar-refractivity contribution in [3.63, 3.8) is 0 Å². The van der Waals surface area contributed by atoms with Crippen LogP contribution in [-0.2, 0) is 14.8 Å². The van der Waals surface area contributed by atoms with E-state index in [1.165, 1.54) is 23.5 Å². The molecule has 1 aliphatic heterocycles. The summed E-state index contributed by atoms with van der Waals surface area (Å²) in [6, 6.07) is 13.9. The Morgan fingerprint density at radius 1 is 1.12 bits per heavy atom. The fourth-order valence-electron chi connectivity index (χ4n) is 4.04. The minimum absolute atomic E-state index is 0.0961. The molecule has 1 aliphatic carbocycles. The number of nitrogens with one attached hydrogen (secondary N) is 1. The Labute approximate surface area is 192 Å². The van der Waals surface area contributed by atoms with Gasteiger partial charge in [-0.05, 0) is 43.2 Å². The number of pyridine rings is 1. The van der Waals surface area contributed by atoms with Crippen molar-refractivity contribution in [2.75, 3.05) is 38.7 Å². The molecule has 1 amide bonds. The van der Waals surface area contributed by atoms with E-state index in [4.69, 9.17) is 14.5 Å². The highest BCUT2D eigenvalue weighted by molar-refractivity contribution is 7.89. The van der Waals surface area contributed by atoms with Crippen molar-refractivity contribution in [2.45, 2.75) is 23.7 Å². The molecule has 172 valence electrons. The first-order chi connectivity index (χ1) is 16.0. The number of fused-ring (bicyclic) bond motifs is 1. The standard InChI is InChI=1S/C24H25N3O5S/c1-31-23-9-8-17(33(29,30)27-10-12-32-13-11-27)14-22(23)26-24(28)19-15-21(16-6-7-16)25-20-5-3-2-4-18(19)20/h2-5,8-9,14-16H,6-7,10-13H2,1H3,(H,26,28). The highest BCUT2D eigenvalue weighted by atomic mass is 32.2. The molecule has 0 radical (unpaired) electrons. The number of carbonyl (C=O) groups is 1. The number of hydrogen-bond acceptors (Lipinski definition) is 6. The third-order valence-electron chi connectivity index (χ3n) is 6.00. The van der Waals surface area contributed by atoms with Crippen LogP contribution in [0.3, 0.4) is 0 Å². The Morgan fingerprint density at radius 2 is 1.88 bits per heavy atom. The van der Waals surface area contributed by atoms with Crippen LogP contribution in [0.1, 0.15) is 34.8 Å². The summed E-state index contributed by atoms with van der Waals surface area (Å²) in [7, 11) is -2.24. The predicted octanol–water partition coefficient (Wildman–Crippen LogP) is 3.39. The van der Waals surface area contributed by atoms with Crippen molar-refractivity contribution in [1.29, 1.82) is 0 Å². The van der Waals surface area contributed by atoms with E-state index < -0.39 is 10.0 Å². The summed E-state index contributed by atoms with van der Waals surface area (Å²) in [6.45, 7) is 1.31. The van der Waals surface area contributed by atoms with Gasteiger partial charge in [0.25, 0.3) is 5.91 Å². The summed E-state index contributed by atoms with van der Waals surface area (Å²) in [5, 5.41) is 3.62. The molecule has 2 aromatic carbocycles. The van der Waals surface area contributed by atoms with Crippen molar-refractivity contribution in [3.05, 3.63) is 59.8 Å². The van der Waals surface area contributed by atoms with Crippen LogP contribution in [0.4, 0.5) is 5.69 Å². The number of methoxy groups -OCH3 is 1. The number of amides is 1. The minimum atomic E-state index is -3.72. The normalized spacial score (nSPS) is 17.1. The Hall–Kier alpha value is -3.01. The maximum absolute atomic E-state index is 13.4. The lowest BCUT2D eigenvalue weighted by Gasteiger charge is -2.26. The fraction of sp³-hybridized carbons (Fsp3) is 0.333. The zero-order valence-corrected chi connectivity index (χ0v) is 19.1. The number of para-hydroxylation sites is 1. The molecule has 1 saturated carbocycles. The van der Waals surface area contributed by atoms with E-state index >= 15 is 0 Å². The van der Waals surface area contributed by atoms with Gasteiger partial charge in [0, 0.05) is 30.1 Å². The van der Waals surface area contributed by atoms with Gasteiger partial charge >= 0.3 is 0 Å². The first-order valence-corrected chi connectivity index (χ1v) is 12.4. The topological polar surface area (TPSA) is 97.8 Å². The van der Waals surface area contributed by atoms with Gasteiger partial charge in [-0.25, -0.2) is 8.42 Å². The van der Waals surface area contributed by atoms with E-state index in [9.17, 15) is 13.2 Å². The largest absolute Gasteiger partial charge is 0.495 e. The van der Waals surface area contributed by atoms with Crippen LogP contribution in [-0.4, -0.2) is 57.0 Å². The number of hydrogen-bond donors (Lipinski definition) is 1. The number of aromatic nitrogens is 1. The number of carbonyl (C=O) groups excluding carboxylic acids is 1. The van der Waals surface area contributed by atoms with E-state index in [-0.39, 0.29) is 10.8 Å². The van der Waals surface area contributed by atoms with Crippen molar-refractivity contribution in [1.82, 2.24) is 9.29 Å². The van der Waals surface area contributed by atoms with Gasteiger partial charge in [-0.2, -0.15) is 4.31 Å². The Kier molecular flexibility index (Phi) is 5.77. The molecule has 0 atom stereocenters. The fourth-order valence-corrected chi connectivity index (χ4v) is 5.48. The minimum Gasteiger partial charge on any atom is -0.495 e. The third kappa shape index (κ3) is 4.31. The molecule has 2 aliphatic rings. The van der Waals surface area contributed by atoms with Gasteiger partial charge in [0.05, 0.1) is 42.0 Å². The molecule has 1 aromatic heterocycles. The second kappa shape index (κ2) is 8.74. The number of ether oxygens (including phenoxy) is 2. The monoisotopic (exact) mass is 467 g/mol. The number of sulfonamides is 1. The summed E-state index contributed by atoms with van der Waals surface area (Å²) in [6.07, 6.45) is 2.14. The second-order valence-corrected chi connectivity index (χ2v) is 10.2. The molecule has 2 heterocycles. The lowest BCUT2D eigenvalue weighted by molar-refractivity contribution is 0.0730. The maximum Gasteiger partial charge on any atom is 0.256 e. The number of nitrogens with zero attached hydrogens (tertiary/aromatic N) is 2. The molecule has 8 nitrogen and oxygen atoms in total. The van der Waals surface area contributed by atoms with Crippen LogP contribution < -0.4 is 10.1 Å². The van der Waals surface area contributed by atoms with Gasteiger partial charge in [0.2, 0.25) is 10.0 Å². The quantitative estimate of drug-likeness (QED) is 0.597. The molecular weight excluding hydrogens is 442 g/mol. The molecule has 5 rings (SSSR count). The van der Waals surface area contributed by atoms with Gasteiger partial charge in [0.15, 0.2) is 0 Å². The summed E-state index contributed by atoms with van der Waals surface area (Å²) in [5.41, 5.74) is 2.48. The van der Waals surface area contributed by atoms with Crippen LogP contribution >= 0.6 is 0 Å². The van der Waals surface area contributed by atoms with E-state index in [1.54, 1.807) is 6.07 Å². The van der Waals surface area contributed by atoms with Crippen LogP contribution in [0.15, 0.2) is 53.4 Å².